The summed E-state index contributed by atoms with van der Waals surface area (Å²) in [5, 5.41) is 7.70. The highest BCUT2D eigenvalue weighted by Gasteiger charge is 2.31. The summed E-state index contributed by atoms with van der Waals surface area (Å²) in [4.78, 5) is 33.9. The van der Waals surface area contributed by atoms with Crippen molar-refractivity contribution in [2.75, 3.05) is 0 Å². The summed E-state index contributed by atoms with van der Waals surface area (Å²) in [7, 11) is 1.81. The molecule has 2 amide bonds. The van der Waals surface area contributed by atoms with Crippen molar-refractivity contribution in [3.8, 4) is 0 Å². The minimum Gasteiger partial charge on any atom is -0.303 e. The molecule has 1 aromatic heterocycles. The van der Waals surface area contributed by atoms with Crippen molar-refractivity contribution < 1.29 is 14.4 Å². The molecule has 1 N–H and O–H groups in total. The van der Waals surface area contributed by atoms with Crippen LogP contribution in [0.2, 0.25) is 0 Å². The van der Waals surface area contributed by atoms with E-state index in [-0.39, 0.29) is 11.8 Å². The van der Waals surface area contributed by atoms with Gasteiger partial charge >= 0.3 is 0 Å². The highest BCUT2D eigenvalue weighted by Crippen LogP contribution is 2.30. The summed E-state index contributed by atoms with van der Waals surface area (Å²) in [6, 6.07) is 5.67. The van der Waals surface area contributed by atoms with Crippen molar-refractivity contribution in [2.45, 2.75) is 25.2 Å². The van der Waals surface area contributed by atoms with Gasteiger partial charge in [-0.25, -0.2) is 0 Å². The molecule has 6 heteroatoms. The smallest absolute Gasteiger partial charge is 0.235 e. The maximum absolute atomic E-state index is 12.0. The predicted molar refractivity (Wildman–Crippen MR) is 75.6 cm³/mol. The van der Waals surface area contributed by atoms with Gasteiger partial charge in [0.25, 0.3) is 0 Å². The number of amides is 2. The van der Waals surface area contributed by atoms with Crippen LogP contribution in [0, 0.1) is 0 Å². The average Bonchev–Trinajstić information content (AvgIpc) is 2.76. The first-order valence-corrected chi connectivity index (χ1v) is 6.83. The van der Waals surface area contributed by atoms with E-state index >= 15 is 0 Å². The minimum absolute atomic E-state index is 0.232. The van der Waals surface area contributed by atoms with Crippen molar-refractivity contribution in [1.82, 2.24) is 15.1 Å². The van der Waals surface area contributed by atoms with Crippen molar-refractivity contribution in [3.63, 3.8) is 0 Å². The monoisotopic (exact) mass is 285 g/mol. The van der Waals surface area contributed by atoms with E-state index < -0.39 is 5.92 Å². The van der Waals surface area contributed by atoms with Gasteiger partial charge in [0.2, 0.25) is 11.8 Å². The molecule has 0 aliphatic carbocycles. The van der Waals surface area contributed by atoms with Gasteiger partial charge in [-0.3, -0.25) is 19.6 Å². The van der Waals surface area contributed by atoms with Gasteiger partial charge in [0.05, 0.1) is 17.1 Å². The second-order valence-electron chi connectivity index (χ2n) is 5.23. The molecule has 1 fully saturated rings. The molecule has 6 nitrogen and oxygen atoms in total. The van der Waals surface area contributed by atoms with Gasteiger partial charge in [0, 0.05) is 25.3 Å². The fourth-order valence-electron chi connectivity index (χ4n) is 2.77. The Kier molecular flexibility index (Phi) is 3.29. The Hall–Kier alpha value is -2.50. The summed E-state index contributed by atoms with van der Waals surface area (Å²) in [5.41, 5.74) is 2.49. The number of aryl methyl sites for hydroxylation is 1. The second-order valence-corrected chi connectivity index (χ2v) is 5.23. The zero-order valence-corrected chi connectivity index (χ0v) is 11.6. The quantitative estimate of drug-likeness (QED) is 0.669. The maximum atomic E-state index is 12.0. The Bertz CT molecular complexity index is 748. The van der Waals surface area contributed by atoms with Crippen LogP contribution in [0.4, 0.5) is 0 Å². The van der Waals surface area contributed by atoms with Crippen LogP contribution in [0.3, 0.4) is 0 Å². The van der Waals surface area contributed by atoms with Crippen molar-refractivity contribution >= 4 is 29.0 Å². The van der Waals surface area contributed by atoms with Gasteiger partial charge < -0.3 is 4.79 Å². The van der Waals surface area contributed by atoms with Gasteiger partial charge in [0.1, 0.15) is 6.29 Å². The van der Waals surface area contributed by atoms with E-state index in [0.29, 0.717) is 25.0 Å². The number of fused-ring (bicyclic) bond motifs is 1. The number of carbonyl (C=O) groups is 3. The van der Waals surface area contributed by atoms with Crippen LogP contribution in [-0.4, -0.2) is 27.9 Å². The number of aldehydes is 1. The van der Waals surface area contributed by atoms with E-state index in [0.717, 1.165) is 22.8 Å². The maximum Gasteiger partial charge on any atom is 0.235 e. The summed E-state index contributed by atoms with van der Waals surface area (Å²) in [6.07, 6.45) is 2.03. The summed E-state index contributed by atoms with van der Waals surface area (Å²) >= 11 is 0. The highest BCUT2D eigenvalue weighted by molar-refractivity contribution is 6.02. The number of hydrogen-bond acceptors (Lipinski definition) is 4. The lowest BCUT2D eigenvalue weighted by molar-refractivity contribution is -0.134. The fourth-order valence-corrected chi connectivity index (χ4v) is 2.77. The van der Waals surface area contributed by atoms with Gasteiger partial charge in [0.15, 0.2) is 0 Å². The van der Waals surface area contributed by atoms with E-state index in [1.807, 2.05) is 25.2 Å². The molecule has 21 heavy (non-hydrogen) atoms. The predicted octanol–water partition coefficient (Wildman–Crippen LogP) is 0.835. The molecule has 1 aromatic carbocycles. The number of carbonyl (C=O) groups excluding carboxylic acids is 3. The Labute approximate surface area is 121 Å². The number of nitrogens with one attached hydrogen (secondary N) is 1. The number of nitrogens with zero attached hydrogens (tertiary/aromatic N) is 2. The summed E-state index contributed by atoms with van der Waals surface area (Å²) < 4.78 is 1.71. The Balaban J connectivity index is 2.05. The molecule has 1 saturated heterocycles. The molecule has 0 radical (unpaired) electrons. The van der Waals surface area contributed by atoms with Crippen LogP contribution in [0.1, 0.15) is 30.0 Å². The van der Waals surface area contributed by atoms with E-state index in [1.165, 1.54) is 0 Å². The molecule has 3 rings (SSSR count). The van der Waals surface area contributed by atoms with Crippen molar-refractivity contribution in [2.24, 2.45) is 7.05 Å². The molecule has 2 heterocycles. The molecule has 0 bridgehead atoms. The molecule has 0 saturated carbocycles. The first-order chi connectivity index (χ1) is 10.1. The molecular weight excluding hydrogens is 270 g/mol. The Morgan fingerprint density at radius 1 is 1.43 bits per heavy atom. The van der Waals surface area contributed by atoms with Crippen LogP contribution in [0.5, 0.6) is 0 Å². The number of benzene rings is 1. The van der Waals surface area contributed by atoms with E-state index in [1.54, 1.807) is 4.68 Å². The zero-order valence-electron chi connectivity index (χ0n) is 11.6. The topological polar surface area (TPSA) is 81.1 Å². The van der Waals surface area contributed by atoms with E-state index in [2.05, 4.69) is 10.4 Å². The van der Waals surface area contributed by atoms with Crippen LogP contribution in [-0.2, 0) is 27.9 Å². The normalized spacial score (nSPS) is 18.8. The average molecular weight is 285 g/mol. The number of hydrogen-bond donors (Lipinski definition) is 1. The van der Waals surface area contributed by atoms with Crippen molar-refractivity contribution in [1.29, 1.82) is 0 Å². The number of rotatable bonds is 3. The van der Waals surface area contributed by atoms with Crippen LogP contribution < -0.4 is 5.32 Å². The number of piperidine rings is 1. The Morgan fingerprint density at radius 3 is 2.95 bits per heavy atom. The largest absolute Gasteiger partial charge is 0.303 e. The van der Waals surface area contributed by atoms with E-state index in [4.69, 9.17) is 0 Å². The molecule has 0 spiro atoms. The molecule has 108 valence electrons. The summed E-state index contributed by atoms with van der Waals surface area (Å²) in [6.45, 7) is 0. The second kappa shape index (κ2) is 5.12. The third-order valence-corrected chi connectivity index (χ3v) is 3.83. The Morgan fingerprint density at radius 2 is 2.24 bits per heavy atom. The molecule has 1 aliphatic rings. The summed E-state index contributed by atoms with van der Waals surface area (Å²) in [5.74, 6) is -0.920. The van der Waals surface area contributed by atoms with Crippen LogP contribution in [0.25, 0.3) is 10.9 Å². The zero-order chi connectivity index (χ0) is 15.0. The molecular formula is C15H15N3O3. The lowest BCUT2D eigenvalue weighted by Crippen LogP contribution is -2.39. The lowest BCUT2D eigenvalue weighted by atomic mass is 9.92. The SMILES string of the molecule is Cn1nc(C2CCC(=O)NC2=O)c2ccc(CC=O)cc21. The first-order valence-electron chi connectivity index (χ1n) is 6.83. The first kappa shape index (κ1) is 13.5. The molecule has 1 unspecified atom stereocenters. The molecule has 2 aromatic rings. The molecule has 1 aliphatic heterocycles. The third-order valence-electron chi connectivity index (χ3n) is 3.83. The van der Waals surface area contributed by atoms with Crippen LogP contribution in [0.15, 0.2) is 18.2 Å². The number of imide groups is 1. The minimum atomic E-state index is -0.400. The molecule has 1 atom stereocenters. The van der Waals surface area contributed by atoms with Crippen LogP contribution >= 0.6 is 0 Å². The third kappa shape index (κ3) is 2.33. The van der Waals surface area contributed by atoms with Crippen molar-refractivity contribution in [3.05, 3.63) is 29.5 Å². The van der Waals surface area contributed by atoms with Gasteiger partial charge in [-0.2, -0.15) is 5.10 Å². The number of aromatic nitrogens is 2. The standard InChI is InChI=1S/C15H15N3O3/c1-18-12-8-9(6-7-19)2-3-10(12)14(17-18)11-4-5-13(20)16-15(11)21/h2-3,7-8,11H,4-6H2,1H3,(H,16,20,21). The van der Waals surface area contributed by atoms with E-state index in [9.17, 15) is 14.4 Å². The highest BCUT2D eigenvalue weighted by atomic mass is 16.2. The fraction of sp³-hybridized carbons (Fsp3) is 0.333. The lowest BCUT2D eigenvalue weighted by Gasteiger charge is -2.19. The van der Waals surface area contributed by atoms with Gasteiger partial charge in [-0.15, -0.1) is 0 Å². The van der Waals surface area contributed by atoms with Gasteiger partial charge in [-0.1, -0.05) is 12.1 Å². The van der Waals surface area contributed by atoms with Gasteiger partial charge in [-0.05, 0) is 18.1 Å².